The van der Waals surface area contributed by atoms with Crippen molar-refractivity contribution in [1.82, 2.24) is 16.0 Å². The van der Waals surface area contributed by atoms with E-state index in [9.17, 15) is 24.0 Å². The zero-order valence-corrected chi connectivity index (χ0v) is 25.3. The number of hydrogen-bond donors (Lipinski definition) is 5. The first-order valence-corrected chi connectivity index (χ1v) is 13.6. The SMILES string of the molecule is CC(C)[C@H](NC(=O)[C@H](CC(=O)OC(C)(C)C)NC(=O)CCCNC(=O)c1ccc(C(=N)N)cc1)C(=O)OC(C)(C)C. The summed E-state index contributed by atoms with van der Waals surface area (Å²) >= 11 is 0. The Balaban J connectivity index is 2.83. The molecular weight excluding hydrogens is 530 g/mol. The second-order valence-electron chi connectivity index (χ2n) is 12.0. The molecule has 0 radical (unpaired) electrons. The number of hydrogen-bond acceptors (Lipinski definition) is 8. The summed E-state index contributed by atoms with van der Waals surface area (Å²) in [5, 5.41) is 15.3. The second kappa shape index (κ2) is 15.2. The van der Waals surface area contributed by atoms with E-state index in [1.54, 1.807) is 79.7 Å². The van der Waals surface area contributed by atoms with Gasteiger partial charge in [0.05, 0.1) is 6.42 Å². The van der Waals surface area contributed by atoms with Crippen molar-refractivity contribution in [3.05, 3.63) is 35.4 Å². The zero-order valence-electron chi connectivity index (χ0n) is 25.3. The number of amidine groups is 1. The third-order valence-electron chi connectivity index (χ3n) is 5.39. The molecule has 1 aromatic carbocycles. The fourth-order valence-electron chi connectivity index (χ4n) is 3.50. The van der Waals surface area contributed by atoms with Crippen molar-refractivity contribution in [1.29, 1.82) is 5.41 Å². The Kier molecular flexibility index (Phi) is 13.0. The van der Waals surface area contributed by atoms with E-state index in [4.69, 9.17) is 20.6 Å². The lowest BCUT2D eigenvalue weighted by atomic mass is 10.0. The van der Waals surface area contributed by atoms with E-state index >= 15 is 0 Å². The molecule has 0 unspecified atom stereocenters. The summed E-state index contributed by atoms with van der Waals surface area (Å²) in [7, 11) is 0. The van der Waals surface area contributed by atoms with Crippen molar-refractivity contribution < 1.29 is 33.4 Å². The number of ether oxygens (including phenoxy) is 2. The van der Waals surface area contributed by atoms with E-state index in [0.29, 0.717) is 11.1 Å². The molecule has 1 rings (SSSR count). The van der Waals surface area contributed by atoms with E-state index < -0.39 is 53.5 Å². The Morgan fingerprint density at radius 1 is 0.878 bits per heavy atom. The van der Waals surface area contributed by atoms with E-state index in [2.05, 4.69) is 16.0 Å². The quantitative estimate of drug-likeness (QED) is 0.102. The molecule has 0 fully saturated rings. The highest BCUT2D eigenvalue weighted by Gasteiger charge is 2.33. The molecule has 0 aromatic heterocycles. The van der Waals surface area contributed by atoms with Gasteiger partial charge in [0.25, 0.3) is 5.91 Å². The summed E-state index contributed by atoms with van der Waals surface area (Å²) in [6.07, 6.45) is -0.224. The van der Waals surface area contributed by atoms with Gasteiger partial charge in [-0.05, 0) is 66.0 Å². The zero-order chi connectivity index (χ0) is 31.5. The van der Waals surface area contributed by atoms with Gasteiger partial charge >= 0.3 is 11.9 Å². The standard InChI is InChI=1S/C29H45N5O7/c1-17(2)23(27(39)41-29(6,7)8)34-26(38)20(16-22(36)40-28(3,4)5)33-21(35)10-9-15-32-25(37)19-13-11-18(12-14-19)24(30)31/h11-14,17,20,23H,9-10,15-16H2,1-8H3,(H3,30,31)(H,32,37)(H,33,35)(H,34,38)/t20-,23-/m0/s1. The lowest BCUT2D eigenvalue weighted by Gasteiger charge is -2.28. The van der Waals surface area contributed by atoms with Gasteiger partial charge < -0.3 is 31.2 Å². The predicted molar refractivity (Wildman–Crippen MR) is 154 cm³/mol. The first-order chi connectivity index (χ1) is 18.8. The van der Waals surface area contributed by atoms with Gasteiger partial charge in [-0.25, -0.2) is 4.79 Å². The minimum atomic E-state index is -1.30. The van der Waals surface area contributed by atoms with Crippen LogP contribution in [0.3, 0.4) is 0 Å². The highest BCUT2D eigenvalue weighted by atomic mass is 16.6. The predicted octanol–water partition coefficient (Wildman–Crippen LogP) is 2.18. The van der Waals surface area contributed by atoms with Crippen molar-refractivity contribution >= 4 is 35.5 Å². The molecule has 0 aliphatic rings. The van der Waals surface area contributed by atoms with Crippen molar-refractivity contribution in [3.8, 4) is 0 Å². The Bertz CT molecular complexity index is 1100. The van der Waals surface area contributed by atoms with Gasteiger partial charge in [0.2, 0.25) is 11.8 Å². The van der Waals surface area contributed by atoms with Gasteiger partial charge in [-0.3, -0.25) is 24.6 Å². The maximum Gasteiger partial charge on any atom is 0.329 e. The number of amides is 3. The molecule has 12 heteroatoms. The molecule has 3 amide bonds. The number of nitrogen functional groups attached to an aromatic ring is 1. The first-order valence-electron chi connectivity index (χ1n) is 13.6. The van der Waals surface area contributed by atoms with E-state index in [0.717, 1.165) is 0 Å². The fraction of sp³-hybridized carbons (Fsp3) is 0.586. The first kappa shape index (κ1) is 35.1. The molecule has 6 N–H and O–H groups in total. The monoisotopic (exact) mass is 575 g/mol. The third kappa shape index (κ3) is 13.8. The number of rotatable bonds is 13. The van der Waals surface area contributed by atoms with Crippen LogP contribution in [0.4, 0.5) is 0 Å². The smallest absolute Gasteiger partial charge is 0.329 e. The molecule has 41 heavy (non-hydrogen) atoms. The summed E-state index contributed by atoms with van der Waals surface area (Å²) in [6.45, 7) is 13.8. The highest BCUT2D eigenvalue weighted by molar-refractivity contribution is 5.98. The Morgan fingerprint density at radius 2 is 1.41 bits per heavy atom. The molecule has 2 atom stereocenters. The molecule has 0 bridgehead atoms. The normalized spacial score (nSPS) is 13.0. The number of esters is 2. The van der Waals surface area contributed by atoms with Gasteiger partial charge in [0.1, 0.15) is 29.1 Å². The molecule has 0 heterocycles. The van der Waals surface area contributed by atoms with Crippen molar-refractivity contribution in [2.24, 2.45) is 11.7 Å². The van der Waals surface area contributed by atoms with Crippen LogP contribution in [-0.2, 0) is 28.7 Å². The maximum absolute atomic E-state index is 13.2. The van der Waals surface area contributed by atoms with Crippen LogP contribution in [0.2, 0.25) is 0 Å². The van der Waals surface area contributed by atoms with Crippen LogP contribution in [0.5, 0.6) is 0 Å². The lowest BCUT2D eigenvalue weighted by molar-refractivity contribution is -0.160. The van der Waals surface area contributed by atoms with Crippen LogP contribution in [-0.4, -0.2) is 65.3 Å². The minimum Gasteiger partial charge on any atom is -0.460 e. The topological polar surface area (TPSA) is 190 Å². The number of nitrogens with two attached hydrogens (primary N) is 1. The molecule has 0 saturated carbocycles. The number of benzene rings is 1. The van der Waals surface area contributed by atoms with Gasteiger partial charge in [-0.15, -0.1) is 0 Å². The van der Waals surface area contributed by atoms with Crippen molar-refractivity contribution in [2.75, 3.05) is 6.54 Å². The van der Waals surface area contributed by atoms with Crippen LogP contribution in [0.25, 0.3) is 0 Å². The molecule has 0 aliphatic heterocycles. The Labute approximate surface area is 242 Å². The van der Waals surface area contributed by atoms with Gasteiger partial charge in [0.15, 0.2) is 0 Å². The molecule has 228 valence electrons. The molecule has 0 aliphatic carbocycles. The number of carbonyl (C=O) groups is 5. The van der Waals surface area contributed by atoms with Gasteiger partial charge in [-0.2, -0.15) is 0 Å². The van der Waals surface area contributed by atoms with E-state index in [-0.39, 0.29) is 37.0 Å². The molecular formula is C29H45N5O7. The van der Waals surface area contributed by atoms with Crippen LogP contribution >= 0.6 is 0 Å². The van der Waals surface area contributed by atoms with E-state index in [1.165, 1.54) is 0 Å². The summed E-state index contributed by atoms with van der Waals surface area (Å²) in [6, 6.07) is 3.91. The molecule has 0 spiro atoms. The molecule has 12 nitrogen and oxygen atoms in total. The lowest BCUT2D eigenvalue weighted by Crippen LogP contribution is -2.55. The van der Waals surface area contributed by atoms with E-state index in [1.807, 2.05) is 0 Å². The van der Waals surface area contributed by atoms with Crippen molar-refractivity contribution in [3.63, 3.8) is 0 Å². The second-order valence-corrected chi connectivity index (χ2v) is 12.0. The van der Waals surface area contributed by atoms with Crippen molar-refractivity contribution in [2.45, 2.75) is 97.9 Å². The largest absolute Gasteiger partial charge is 0.460 e. The number of carbonyl (C=O) groups excluding carboxylic acids is 5. The number of nitrogens with one attached hydrogen (secondary N) is 4. The average Bonchev–Trinajstić information content (AvgIpc) is 2.81. The van der Waals surface area contributed by atoms with Crippen LogP contribution in [0.15, 0.2) is 24.3 Å². The minimum absolute atomic E-state index is 0.0403. The average molecular weight is 576 g/mol. The molecule has 1 aromatic rings. The maximum atomic E-state index is 13.2. The van der Waals surface area contributed by atoms with Gasteiger partial charge in [0, 0.05) is 24.1 Å². The fourth-order valence-corrected chi connectivity index (χ4v) is 3.50. The summed E-state index contributed by atoms with van der Waals surface area (Å²) in [5.74, 6) is -3.36. The third-order valence-corrected chi connectivity index (χ3v) is 5.39. The Hall–Kier alpha value is -3.96. The van der Waals surface area contributed by atoms with Gasteiger partial charge in [-0.1, -0.05) is 26.0 Å². The van der Waals surface area contributed by atoms with Crippen LogP contribution in [0, 0.1) is 11.3 Å². The van der Waals surface area contributed by atoms with Crippen LogP contribution in [0.1, 0.15) is 90.6 Å². The molecule has 0 saturated heterocycles. The highest BCUT2D eigenvalue weighted by Crippen LogP contribution is 2.14. The summed E-state index contributed by atoms with van der Waals surface area (Å²) < 4.78 is 10.7. The summed E-state index contributed by atoms with van der Waals surface area (Å²) in [4.78, 5) is 63.4. The summed E-state index contributed by atoms with van der Waals surface area (Å²) in [5.41, 5.74) is 4.71. The van der Waals surface area contributed by atoms with Crippen LogP contribution < -0.4 is 21.7 Å². The Morgan fingerprint density at radius 3 is 1.90 bits per heavy atom.